The molecule has 0 unspecified atom stereocenters. The smallest absolute Gasteiger partial charge is 0.261 e. The zero-order chi connectivity index (χ0) is 22.5. The highest BCUT2D eigenvalue weighted by Gasteiger charge is 2.15. The lowest BCUT2D eigenvalue weighted by atomic mass is 10.1. The maximum Gasteiger partial charge on any atom is 0.261 e. The van der Waals surface area contributed by atoms with E-state index in [9.17, 15) is 9.90 Å². The van der Waals surface area contributed by atoms with Crippen LogP contribution in [0.1, 0.15) is 16.7 Å². The normalized spacial score (nSPS) is 11.2. The molecular weight excluding hydrogens is 428 g/mol. The number of nitrogens with zero attached hydrogens (tertiary/aromatic N) is 2. The van der Waals surface area contributed by atoms with Crippen LogP contribution in [0.2, 0.25) is 5.02 Å². The monoisotopic (exact) mass is 448 g/mol. The van der Waals surface area contributed by atoms with Crippen LogP contribution in [0, 0.1) is 0 Å². The minimum atomic E-state index is -0.284. The summed E-state index contributed by atoms with van der Waals surface area (Å²) >= 11 is 5.89. The maximum absolute atomic E-state index is 13.1. The number of benzene rings is 3. The Morgan fingerprint density at radius 3 is 2.31 bits per heavy atom. The van der Waals surface area contributed by atoms with Crippen LogP contribution >= 0.6 is 11.6 Å². The van der Waals surface area contributed by atoms with Crippen LogP contribution in [0.25, 0.3) is 10.8 Å². The van der Waals surface area contributed by atoms with Crippen LogP contribution in [0.3, 0.4) is 0 Å². The quantitative estimate of drug-likeness (QED) is 0.320. The number of rotatable bonds is 7. The van der Waals surface area contributed by atoms with Crippen molar-refractivity contribution < 1.29 is 14.7 Å². The summed E-state index contributed by atoms with van der Waals surface area (Å²) < 4.78 is 6.50. The Morgan fingerprint density at radius 2 is 1.62 bits per heavy atom. The molecule has 0 saturated heterocycles. The molecule has 0 atom stereocenters. The van der Waals surface area contributed by atoms with Crippen molar-refractivity contribution in [3.63, 3.8) is 0 Å². The molecule has 0 aliphatic heterocycles. The predicted octanol–water partition coefficient (Wildman–Crippen LogP) is 4.97. The Bertz CT molecular complexity index is 1310. The molecular formula is C25H21ClN2O4. The molecule has 0 spiro atoms. The summed E-state index contributed by atoms with van der Waals surface area (Å²) in [4.78, 5) is 18.5. The van der Waals surface area contributed by atoms with E-state index in [0.717, 1.165) is 16.9 Å². The second kappa shape index (κ2) is 9.58. The third-order valence-corrected chi connectivity index (χ3v) is 5.34. The fraction of sp³-hybridized carbons (Fsp3) is 0.120. The molecule has 1 heterocycles. The summed E-state index contributed by atoms with van der Waals surface area (Å²) in [6.07, 6.45) is 1.43. The second-order valence-electron chi connectivity index (χ2n) is 7.16. The maximum atomic E-state index is 13.1. The number of aromatic hydroxyl groups is 1. The molecule has 0 saturated carbocycles. The molecule has 4 rings (SSSR count). The van der Waals surface area contributed by atoms with Gasteiger partial charge in [-0.05, 0) is 41.5 Å². The predicted molar refractivity (Wildman–Crippen MR) is 126 cm³/mol. The molecule has 0 bridgehead atoms. The van der Waals surface area contributed by atoms with E-state index >= 15 is 0 Å². The van der Waals surface area contributed by atoms with Gasteiger partial charge < -0.3 is 14.7 Å². The first-order valence-electron chi connectivity index (χ1n) is 9.94. The number of methoxy groups -OCH3 is 1. The molecule has 162 valence electrons. The van der Waals surface area contributed by atoms with E-state index in [1.165, 1.54) is 10.8 Å². The highest BCUT2D eigenvalue weighted by molar-refractivity contribution is 6.30. The third kappa shape index (κ3) is 4.60. The summed E-state index contributed by atoms with van der Waals surface area (Å²) in [7, 11) is 1.59. The number of oxime groups is 1. The first-order chi connectivity index (χ1) is 15.6. The fourth-order valence-electron chi connectivity index (χ4n) is 3.38. The van der Waals surface area contributed by atoms with Crippen molar-refractivity contribution in [2.45, 2.75) is 13.2 Å². The van der Waals surface area contributed by atoms with Crippen LogP contribution in [0.15, 0.2) is 82.7 Å². The van der Waals surface area contributed by atoms with Crippen LogP contribution in [0.4, 0.5) is 0 Å². The Labute approximate surface area is 189 Å². The average molecular weight is 449 g/mol. The number of aromatic nitrogens is 1. The number of ether oxygens (including phenoxy) is 1. The highest BCUT2D eigenvalue weighted by Crippen LogP contribution is 2.24. The van der Waals surface area contributed by atoms with Gasteiger partial charge in [-0.2, -0.15) is 0 Å². The summed E-state index contributed by atoms with van der Waals surface area (Å²) in [5.74, 6) is 0.540. The van der Waals surface area contributed by atoms with Gasteiger partial charge >= 0.3 is 0 Å². The third-order valence-electron chi connectivity index (χ3n) is 5.09. The topological polar surface area (TPSA) is 73.1 Å². The molecule has 0 amide bonds. The van der Waals surface area contributed by atoms with Crippen LogP contribution in [-0.2, 0) is 18.0 Å². The van der Waals surface area contributed by atoms with Crippen molar-refractivity contribution in [3.05, 3.63) is 105 Å². The number of hydrogen-bond donors (Lipinski definition) is 1. The molecule has 0 aliphatic carbocycles. The lowest BCUT2D eigenvalue weighted by Gasteiger charge is -2.14. The summed E-state index contributed by atoms with van der Waals surface area (Å²) in [5, 5.41) is 16.7. The fourth-order valence-corrected chi connectivity index (χ4v) is 3.51. The van der Waals surface area contributed by atoms with Gasteiger partial charge in [-0.1, -0.05) is 59.2 Å². The van der Waals surface area contributed by atoms with Gasteiger partial charge in [0.1, 0.15) is 12.4 Å². The van der Waals surface area contributed by atoms with Gasteiger partial charge in [0.25, 0.3) is 5.56 Å². The van der Waals surface area contributed by atoms with Crippen molar-refractivity contribution in [2.24, 2.45) is 5.16 Å². The molecule has 32 heavy (non-hydrogen) atoms. The number of pyridine rings is 1. The Hall–Kier alpha value is -3.77. The van der Waals surface area contributed by atoms with E-state index in [4.69, 9.17) is 21.2 Å². The van der Waals surface area contributed by atoms with E-state index < -0.39 is 0 Å². The molecule has 4 aromatic rings. The molecule has 0 aliphatic rings. The van der Waals surface area contributed by atoms with Crippen LogP contribution < -0.4 is 10.3 Å². The van der Waals surface area contributed by atoms with Crippen molar-refractivity contribution in [2.75, 3.05) is 7.11 Å². The van der Waals surface area contributed by atoms with Crippen LogP contribution in [-0.4, -0.2) is 23.0 Å². The SMILES string of the molecule is COc1ccc(Cn2c(O)c(C=NOCc3ccc(Cl)cc3)c3ccccc3c2=O)cc1. The molecule has 1 aromatic heterocycles. The average Bonchev–Trinajstić information content (AvgIpc) is 2.83. The minimum absolute atomic E-state index is 0.177. The van der Waals surface area contributed by atoms with Crippen LogP contribution in [0.5, 0.6) is 11.6 Å². The van der Waals surface area contributed by atoms with Gasteiger partial charge in [0.15, 0.2) is 0 Å². The van der Waals surface area contributed by atoms with Gasteiger partial charge in [-0.25, -0.2) is 0 Å². The van der Waals surface area contributed by atoms with E-state index in [0.29, 0.717) is 21.4 Å². The van der Waals surface area contributed by atoms with Gasteiger partial charge in [0, 0.05) is 15.8 Å². The molecule has 3 aromatic carbocycles. The van der Waals surface area contributed by atoms with Gasteiger partial charge in [-0.3, -0.25) is 9.36 Å². The van der Waals surface area contributed by atoms with Gasteiger partial charge in [-0.15, -0.1) is 0 Å². The minimum Gasteiger partial charge on any atom is -0.497 e. The van der Waals surface area contributed by atoms with Gasteiger partial charge in [0.05, 0.1) is 25.4 Å². The van der Waals surface area contributed by atoms with E-state index in [2.05, 4.69) is 5.16 Å². The molecule has 1 N–H and O–H groups in total. The van der Waals surface area contributed by atoms with Crippen molar-refractivity contribution >= 4 is 28.6 Å². The van der Waals surface area contributed by atoms with E-state index in [1.807, 2.05) is 36.4 Å². The lowest BCUT2D eigenvalue weighted by molar-refractivity contribution is 0.132. The number of hydrogen-bond acceptors (Lipinski definition) is 5. The molecule has 0 radical (unpaired) electrons. The molecule has 6 nitrogen and oxygen atoms in total. The summed E-state index contributed by atoms with van der Waals surface area (Å²) in [6.45, 7) is 0.448. The number of fused-ring (bicyclic) bond motifs is 1. The van der Waals surface area contributed by atoms with Crippen molar-refractivity contribution in [1.82, 2.24) is 4.57 Å². The summed E-state index contributed by atoms with van der Waals surface area (Å²) in [6, 6.07) is 21.7. The molecule has 7 heteroatoms. The van der Waals surface area contributed by atoms with Crippen molar-refractivity contribution in [1.29, 1.82) is 0 Å². The highest BCUT2D eigenvalue weighted by atomic mass is 35.5. The first-order valence-corrected chi connectivity index (χ1v) is 10.3. The zero-order valence-electron chi connectivity index (χ0n) is 17.4. The number of halogens is 1. The zero-order valence-corrected chi connectivity index (χ0v) is 18.1. The van der Waals surface area contributed by atoms with E-state index in [1.54, 1.807) is 43.5 Å². The first kappa shape index (κ1) is 21.5. The standard InChI is InChI=1S/C25H21ClN2O4/c1-31-20-12-8-17(9-13-20)15-28-24(29)22-5-3-2-4-21(22)23(25(28)30)14-27-32-16-18-6-10-19(26)11-7-18/h2-14,30H,15-16H2,1H3. The Kier molecular flexibility index (Phi) is 6.42. The largest absolute Gasteiger partial charge is 0.497 e. The Balaban J connectivity index is 1.66. The summed E-state index contributed by atoms with van der Waals surface area (Å²) in [5.41, 5.74) is 1.88. The lowest BCUT2D eigenvalue weighted by Crippen LogP contribution is -2.22. The second-order valence-corrected chi connectivity index (χ2v) is 7.59. The Morgan fingerprint density at radius 1 is 0.969 bits per heavy atom. The van der Waals surface area contributed by atoms with E-state index in [-0.39, 0.29) is 24.6 Å². The molecule has 0 fully saturated rings. The van der Waals surface area contributed by atoms with Gasteiger partial charge in [0.2, 0.25) is 5.88 Å². The van der Waals surface area contributed by atoms with Crippen molar-refractivity contribution in [3.8, 4) is 11.6 Å².